The van der Waals surface area contributed by atoms with Crippen molar-refractivity contribution in [2.24, 2.45) is 0 Å². The van der Waals surface area contributed by atoms with E-state index in [0.29, 0.717) is 11.4 Å². The van der Waals surface area contributed by atoms with Crippen molar-refractivity contribution < 1.29 is 4.79 Å². The van der Waals surface area contributed by atoms with Crippen molar-refractivity contribution >= 4 is 17.4 Å². The molecule has 0 aliphatic carbocycles. The van der Waals surface area contributed by atoms with Gasteiger partial charge in [-0.3, -0.25) is 9.69 Å². The molecular formula is C18H20ClNO. The third kappa shape index (κ3) is 4.69. The van der Waals surface area contributed by atoms with Gasteiger partial charge in [0.05, 0.1) is 0 Å². The summed E-state index contributed by atoms with van der Waals surface area (Å²) < 4.78 is 0. The number of Topliss-reactive ketones (excluding diaryl/α,β-unsaturated/α-hetero) is 1. The van der Waals surface area contributed by atoms with E-state index in [1.807, 2.05) is 42.5 Å². The van der Waals surface area contributed by atoms with Crippen LogP contribution in [0.2, 0.25) is 5.02 Å². The molecule has 0 aliphatic heterocycles. The first-order valence-corrected chi connectivity index (χ1v) is 7.43. The molecule has 110 valence electrons. The minimum atomic E-state index is 0.0694. The fraction of sp³-hybridized carbons (Fsp3) is 0.278. The maximum absolute atomic E-state index is 11.6. The number of ketones is 1. The van der Waals surface area contributed by atoms with Crippen LogP contribution in [0.3, 0.4) is 0 Å². The second kappa shape index (κ2) is 7.39. The fourth-order valence-electron chi connectivity index (χ4n) is 2.47. The predicted octanol–water partition coefficient (Wildman–Crippen LogP) is 4.49. The molecule has 0 N–H and O–H groups in total. The Morgan fingerprint density at radius 2 is 1.71 bits per heavy atom. The maximum atomic E-state index is 11.6. The number of hydrogen-bond donors (Lipinski definition) is 0. The highest BCUT2D eigenvalue weighted by molar-refractivity contribution is 6.30. The molecule has 2 rings (SSSR count). The minimum Gasteiger partial charge on any atom is -0.300 e. The molecule has 2 nitrogen and oxygen atoms in total. The summed E-state index contributed by atoms with van der Waals surface area (Å²) in [5, 5.41) is 0.714. The van der Waals surface area contributed by atoms with Crippen LogP contribution in [-0.2, 0) is 11.3 Å². The Kier molecular flexibility index (Phi) is 5.54. The van der Waals surface area contributed by atoms with E-state index < -0.39 is 0 Å². The van der Waals surface area contributed by atoms with Crippen molar-refractivity contribution in [1.82, 2.24) is 4.90 Å². The Labute approximate surface area is 131 Å². The third-order valence-electron chi connectivity index (χ3n) is 3.54. The maximum Gasteiger partial charge on any atom is 0.131 e. The van der Waals surface area contributed by atoms with Gasteiger partial charge in [-0.2, -0.15) is 0 Å². The van der Waals surface area contributed by atoms with Crippen LogP contribution in [0.5, 0.6) is 0 Å². The van der Waals surface area contributed by atoms with E-state index in [-0.39, 0.29) is 11.8 Å². The molecule has 0 aliphatic rings. The van der Waals surface area contributed by atoms with E-state index in [4.69, 9.17) is 11.6 Å². The molecule has 1 unspecified atom stereocenters. The lowest BCUT2D eigenvalue weighted by atomic mass is 10.00. The summed E-state index contributed by atoms with van der Waals surface area (Å²) in [6.45, 7) is 2.45. The van der Waals surface area contributed by atoms with Gasteiger partial charge in [-0.25, -0.2) is 0 Å². The van der Waals surface area contributed by atoms with E-state index >= 15 is 0 Å². The van der Waals surface area contributed by atoms with E-state index in [1.54, 1.807) is 6.92 Å². The van der Waals surface area contributed by atoms with Crippen LogP contribution < -0.4 is 0 Å². The van der Waals surface area contributed by atoms with Gasteiger partial charge in [-0.15, -0.1) is 0 Å². The Hall–Kier alpha value is -1.64. The van der Waals surface area contributed by atoms with Gasteiger partial charge in [-0.1, -0.05) is 54.1 Å². The fourth-order valence-corrected chi connectivity index (χ4v) is 2.59. The van der Waals surface area contributed by atoms with Crippen molar-refractivity contribution in [3.63, 3.8) is 0 Å². The number of benzene rings is 2. The van der Waals surface area contributed by atoms with Gasteiger partial charge in [0.25, 0.3) is 0 Å². The quantitative estimate of drug-likeness (QED) is 0.783. The minimum absolute atomic E-state index is 0.0694. The monoisotopic (exact) mass is 301 g/mol. The van der Waals surface area contributed by atoms with E-state index in [9.17, 15) is 4.79 Å². The van der Waals surface area contributed by atoms with Crippen molar-refractivity contribution in [1.29, 1.82) is 0 Å². The first-order chi connectivity index (χ1) is 10.1. The summed E-state index contributed by atoms with van der Waals surface area (Å²) in [5.74, 6) is 0.190. The van der Waals surface area contributed by atoms with E-state index in [2.05, 4.69) is 24.1 Å². The molecular weight excluding hydrogens is 282 g/mol. The molecule has 0 saturated carbocycles. The molecule has 0 fully saturated rings. The number of nitrogens with zero attached hydrogens (tertiary/aromatic N) is 1. The van der Waals surface area contributed by atoms with Gasteiger partial charge in [0.1, 0.15) is 5.78 Å². The van der Waals surface area contributed by atoms with Gasteiger partial charge >= 0.3 is 0 Å². The molecule has 0 spiro atoms. The zero-order valence-electron chi connectivity index (χ0n) is 12.4. The van der Waals surface area contributed by atoms with Crippen molar-refractivity contribution in [3.05, 3.63) is 70.7 Å². The van der Waals surface area contributed by atoms with Crippen LogP contribution in [0.1, 0.15) is 30.5 Å². The number of carbonyl (C=O) groups excluding carboxylic acids is 1. The Morgan fingerprint density at radius 3 is 2.29 bits per heavy atom. The number of hydrogen-bond acceptors (Lipinski definition) is 2. The Balaban J connectivity index is 2.18. The first kappa shape index (κ1) is 15.7. The summed E-state index contributed by atoms with van der Waals surface area (Å²) in [5.41, 5.74) is 2.36. The van der Waals surface area contributed by atoms with Crippen LogP contribution in [0, 0.1) is 0 Å². The first-order valence-electron chi connectivity index (χ1n) is 7.05. The molecule has 2 aromatic rings. The largest absolute Gasteiger partial charge is 0.300 e. The summed E-state index contributed by atoms with van der Waals surface area (Å²) >= 11 is 5.95. The zero-order chi connectivity index (χ0) is 15.2. The molecule has 0 radical (unpaired) electrons. The molecule has 0 aromatic heterocycles. The van der Waals surface area contributed by atoms with Crippen LogP contribution in [0.15, 0.2) is 54.6 Å². The summed E-state index contributed by atoms with van der Waals surface area (Å²) in [6, 6.07) is 18.1. The molecule has 0 saturated heterocycles. The van der Waals surface area contributed by atoms with E-state index in [0.717, 1.165) is 12.1 Å². The van der Waals surface area contributed by atoms with Gasteiger partial charge < -0.3 is 0 Å². The van der Waals surface area contributed by atoms with Crippen molar-refractivity contribution in [2.75, 3.05) is 7.05 Å². The van der Waals surface area contributed by atoms with Gasteiger partial charge in [0.2, 0.25) is 0 Å². The second-order valence-corrected chi connectivity index (χ2v) is 5.81. The number of carbonyl (C=O) groups is 1. The smallest absolute Gasteiger partial charge is 0.131 e. The Bertz CT molecular complexity index is 580. The SMILES string of the molecule is CC(=O)CC(c1ccc(Cl)cc1)N(C)Cc1ccccc1. The average Bonchev–Trinajstić information content (AvgIpc) is 2.46. The summed E-state index contributed by atoms with van der Waals surface area (Å²) in [4.78, 5) is 13.8. The van der Waals surface area contributed by atoms with Crippen LogP contribution in [-0.4, -0.2) is 17.7 Å². The molecule has 21 heavy (non-hydrogen) atoms. The average molecular weight is 302 g/mol. The number of rotatable bonds is 6. The van der Waals surface area contributed by atoms with Crippen LogP contribution in [0.25, 0.3) is 0 Å². The predicted molar refractivity (Wildman–Crippen MR) is 87.4 cm³/mol. The molecule has 2 aromatic carbocycles. The van der Waals surface area contributed by atoms with Crippen molar-refractivity contribution in [3.8, 4) is 0 Å². The Morgan fingerprint density at radius 1 is 1.10 bits per heavy atom. The zero-order valence-corrected chi connectivity index (χ0v) is 13.2. The molecule has 0 heterocycles. The lowest BCUT2D eigenvalue weighted by Crippen LogP contribution is -2.26. The van der Waals surface area contributed by atoms with Gasteiger partial charge in [0, 0.05) is 24.0 Å². The molecule has 0 bridgehead atoms. The highest BCUT2D eigenvalue weighted by Gasteiger charge is 2.19. The summed E-state index contributed by atoms with van der Waals surface area (Å²) in [7, 11) is 2.05. The highest BCUT2D eigenvalue weighted by Crippen LogP contribution is 2.26. The topological polar surface area (TPSA) is 20.3 Å². The molecule has 3 heteroatoms. The lowest BCUT2D eigenvalue weighted by Gasteiger charge is -2.28. The van der Waals surface area contributed by atoms with Crippen LogP contribution >= 0.6 is 11.6 Å². The third-order valence-corrected chi connectivity index (χ3v) is 3.79. The molecule has 1 atom stereocenters. The lowest BCUT2D eigenvalue weighted by molar-refractivity contribution is -0.118. The number of halogens is 1. The normalized spacial score (nSPS) is 12.4. The standard InChI is InChI=1S/C18H20ClNO/c1-14(21)12-18(16-8-10-17(19)11-9-16)20(2)13-15-6-4-3-5-7-15/h3-11,18H,12-13H2,1-2H3. The highest BCUT2D eigenvalue weighted by atomic mass is 35.5. The van der Waals surface area contributed by atoms with Gasteiger partial charge in [-0.05, 0) is 37.2 Å². The summed E-state index contributed by atoms with van der Waals surface area (Å²) in [6.07, 6.45) is 0.505. The molecule has 0 amide bonds. The van der Waals surface area contributed by atoms with Gasteiger partial charge in [0.15, 0.2) is 0 Å². The second-order valence-electron chi connectivity index (χ2n) is 5.37. The van der Waals surface area contributed by atoms with Crippen molar-refractivity contribution in [2.45, 2.75) is 25.9 Å². The van der Waals surface area contributed by atoms with Crippen LogP contribution in [0.4, 0.5) is 0 Å². The van der Waals surface area contributed by atoms with E-state index in [1.165, 1.54) is 5.56 Å².